The van der Waals surface area contributed by atoms with Crippen molar-refractivity contribution >= 4 is 0 Å². The van der Waals surface area contributed by atoms with Crippen LogP contribution < -0.4 is 0 Å². The molecule has 0 aliphatic heterocycles. The first-order chi connectivity index (χ1) is 6.39. The number of rotatable bonds is 0. The third-order valence-corrected chi connectivity index (χ3v) is 2.73. The molecular weight excluding hydrogens is 156 g/mol. The second kappa shape index (κ2) is 6.94. The van der Waals surface area contributed by atoms with Gasteiger partial charge < -0.3 is 0 Å². The molecular formula is C13H22. The van der Waals surface area contributed by atoms with Gasteiger partial charge in [0.1, 0.15) is 0 Å². The molecule has 0 heterocycles. The molecule has 13 heavy (non-hydrogen) atoms. The van der Waals surface area contributed by atoms with Gasteiger partial charge in [0.15, 0.2) is 0 Å². The van der Waals surface area contributed by atoms with Crippen LogP contribution in [0.3, 0.4) is 0 Å². The molecule has 0 bridgehead atoms. The van der Waals surface area contributed by atoms with Crippen LogP contribution in [0.25, 0.3) is 0 Å². The molecule has 1 rings (SSSR count). The zero-order valence-corrected chi connectivity index (χ0v) is 8.84. The minimum Gasteiger partial charge on any atom is -0.0885 e. The van der Waals surface area contributed by atoms with Gasteiger partial charge in [-0.05, 0) is 44.4 Å². The van der Waals surface area contributed by atoms with Gasteiger partial charge in [0.25, 0.3) is 0 Å². The molecule has 0 aromatic heterocycles. The molecule has 0 amide bonds. The molecule has 0 saturated heterocycles. The van der Waals surface area contributed by atoms with E-state index in [-0.39, 0.29) is 0 Å². The topological polar surface area (TPSA) is 0 Å². The summed E-state index contributed by atoms with van der Waals surface area (Å²) >= 11 is 0. The van der Waals surface area contributed by atoms with E-state index in [0.29, 0.717) is 0 Å². The number of hydrogen-bond donors (Lipinski definition) is 0. The Morgan fingerprint density at radius 2 is 1.38 bits per heavy atom. The maximum Gasteiger partial charge on any atom is -0.0316 e. The first-order valence-corrected chi connectivity index (χ1v) is 5.69. The van der Waals surface area contributed by atoms with Crippen LogP contribution in [0.2, 0.25) is 0 Å². The van der Waals surface area contributed by atoms with Crippen molar-refractivity contribution in [3.8, 4) is 0 Å². The highest BCUT2D eigenvalue weighted by Crippen LogP contribution is 2.15. The van der Waals surface area contributed by atoms with Crippen LogP contribution >= 0.6 is 0 Å². The van der Waals surface area contributed by atoms with E-state index < -0.39 is 0 Å². The summed E-state index contributed by atoms with van der Waals surface area (Å²) in [5.41, 5.74) is 0. The lowest BCUT2D eigenvalue weighted by atomic mass is 9.98. The minimum atomic E-state index is 0.914. The van der Waals surface area contributed by atoms with Crippen LogP contribution in [0.5, 0.6) is 0 Å². The van der Waals surface area contributed by atoms with Crippen LogP contribution in [-0.4, -0.2) is 0 Å². The molecule has 0 spiro atoms. The first kappa shape index (κ1) is 10.6. The highest BCUT2D eigenvalue weighted by molar-refractivity contribution is 4.89. The molecule has 0 fully saturated rings. The van der Waals surface area contributed by atoms with E-state index in [0.717, 1.165) is 5.92 Å². The molecule has 1 aliphatic rings. The summed E-state index contributed by atoms with van der Waals surface area (Å²) in [6, 6.07) is 0. The van der Waals surface area contributed by atoms with Crippen LogP contribution in [0.1, 0.15) is 51.9 Å². The second-order valence-corrected chi connectivity index (χ2v) is 4.13. The largest absolute Gasteiger partial charge is 0.0885 e. The van der Waals surface area contributed by atoms with E-state index in [1.807, 2.05) is 0 Å². The highest BCUT2D eigenvalue weighted by atomic mass is 14.1. The molecule has 1 aliphatic carbocycles. The van der Waals surface area contributed by atoms with Gasteiger partial charge in [0, 0.05) is 0 Å². The van der Waals surface area contributed by atoms with Crippen LogP contribution in [-0.2, 0) is 0 Å². The van der Waals surface area contributed by atoms with Crippen molar-refractivity contribution in [3.63, 3.8) is 0 Å². The summed E-state index contributed by atoms with van der Waals surface area (Å²) in [6.07, 6.45) is 18.5. The van der Waals surface area contributed by atoms with Crippen molar-refractivity contribution in [1.29, 1.82) is 0 Å². The molecule has 0 aromatic rings. The van der Waals surface area contributed by atoms with E-state index >= 15 is 0 Å². The van der Waals surface area contributed by atoms with Crippen molar-refractivity contribution in [2.45, 2.75) is 51.9 Å². The van der Waals surface area contributed by atoms with Crippen molar-refractivity contribution in [3.05, 3.63) is 24.3 Å². The lowest BCUT2D eigenvalue weighted by Crippen LogP contribution is -1.93. The number of hydrogen-bond acceptors (Lipinski definition) is 0. The zero-order chi connectivity index (χ0) is 9.36. The number of allylic oxidation sites excluding steroid dienone is 4. The summed E-state index contributed by atoms with van der Waals surface area (Å²) < 4.78 is 0. The summed E-state index contributed by atoms with van der Waals surface area (Å²) in [4.78, 5) is 0. The zero-order valence-electron chi connectivity index (χ0n) is 8.84. The molecule has 1 unspecified atom stereocenters. The summed E-state index contributed by atoms with van der Waals surface area (Å²) in [6.45, 7) is 2.38. The maximum atomic E-state index is 2.38. The van der Waals surface area contributed by atoms with Crippen LogP contribution in [0.4, 0.5) is 0 Å². The molecule has 0 saturated carbocycles. The van der Waals surface area contributed by atoms with Crippen molar-refractivity contribution in [2.24, 2.45) is 5.92 Å². The average molecular weight is 178 g/mol. The SMILES string of the molecule is CC1CC/C=C/CC/C=C/CCC1. The van der Waals surface area contributed by atoms with Gasteiger partial charge in [-0.2, -0.15) is 0 Å². The Hall–Kier alpha value is -0.520. The first-order valence-electron chi connectivity index (χ1n) is 5.69. The standard InChI is InChI=1S/C13H22/c1-13-11-9-7-5-3-2-4-6-8-10-12-13/h3,5-6,8,13H,2,4,7,9-12H2,1H3/b5-3+,8-6+. The fourth-order valence-electron chi connectivity index (χ4n) is 1.77. The lowest BCUT2D eigenvalue weighted by molar-refractivity contribution is 0.480. The Kier molecular flexibility index (Phi) is 5.64. The third kappa shape index (κ3) is 5.68. The van der Waals surface area contributed by atoms with Gasteiger partial charge in [-0.1, -0.05) is 37.6 Å². The Morgan fingerprint density at radius 1 is 0.769 bits per heavy atom. The smallest absolute Gasteiger partial charge is 0.0316 e. The molecule has 0 N–H and O–H groups in total. The molecule has 1 atom stereocenters. The van der Waals surface area contributed by atoms with Crippen molar-refractivity contribution in [2.75, 3.05) is 0 Å². The third-order valence-electron chi connectivity index (χ3n) is 2.73. The Labute approximate surface area is 82.7 Å². The van der Waals surface area contributed by atoms with Gasteiger partial charge in [-0.25, -0.2) is 0 Å². The van der Waals surface area contributed by atoms with Crippen LogP contribution in [0.15, 0.2) is 24.3 Å². The molecule has 0 radical (unpaired) electrons. The summed E-state index contributed by atoms with van der Waals surface area (Å²) in [5, 5.41) is 0. The highest BCUT2D eigenvalue weighted by Gasteiger charge is 1.99. The average Bonchev–Trinajstić information content (AvgIpc) is 2.11. The van der Waals surface area contributed by atoms with Gasteiger partial charge >= 0.3 is 0 Å². The minimum absolute atomic E-state index is 0.914. The normalized spacial score (nSPS) is 31.3. The molecule has 0 nitrogen and oxygen atoms in total. The van der Waals surface area contributed by atoms with E-state index in [2.05, 4.69) is 31.2 Å². The van der Waals surface area contributed by atoms with Gasteiger partial charge in [-0.3, -0.25) is 0 Å². The fourth-order valence-corrected chi connectivity index (χ4v) is 1.77. The molecule has 0 heteroatoms. The van der Waals surface area contributed by atoms with Crippen LogP contribution in [0, 0.1) is 5.92 Å². The Balaban J connectivity index is 2.29. The Bertz CT molecular complexity index is 165. The lowest BCUT2D eigenvalue weighted by Gasteiger charge is -2.08. The molecule has 0 aromatic carbocycles. The monoisotopic (exact) mass is 178 g/mol. The Morgan fingerprint density at radius 3 is 2.15 bits per heavy atom. The quantitative estimate of drug-likeness (QED) is 0.480. The van der Waals surface area contributed by atoms with E-state index in [1.54, 1.807) is 0 Å². The van der Waals surface area contributed by atoms with Gasteiger partial charge in [0.05, 0.1) is 0 Å². The van der Waals surface area contributed by atoms with E-state index in [9.17, 15) is 0 Å². The summed E-state index contributed by atoms with van der Waals surface area (Å²) in [7, 11) is 0. The van der Waals surface area contributed by atoms with E-state index in [4.69, 9.17) is 0 Å². The van der Waals surface area contributed by atoms with E-state index in [1.165, 1.54) is 44.9 Å². The van der Waals surface area contributed by atoms with Gasteiger partial charge in [0.2, 0.25) is 0 Å². The maximum absolute atomic E-state index is 2.38. The predicted octanol–water partition coefficient (Wildman–Crippen LogP) is 4.48. The fraction of sp³-hybridized carbons (Fsp3) is 0.692. The second-order valence-electron chi connectivity index (χ2n) is 4.13. The van der Waals surface area contributed by atoms with Crippen molar-refractivity contribution in [1.82, 2.24) is 0 Å². The van der Waals surface area contributed by atoms with Crippen molar-refractivity contribution < 1.29 is 0 Å². The molecule has 74 valence electrons. The predicted molar refractivity (Wildman–Crippen MR) is 59.8 cm³/mol. The summed E-state index contributed by atoms with van der Waals surface area (Å²) in [5.74, 6) is 0.914. The van der Waals surface area contributed by atoms with Gasteiger partial charge in [-0.15, -0.1) is 0 Å².